The lowest BCUT2D eigenvalue weighted by molar-refractivity contribution is -0.119. The van der Waals surface area contributed by atoms with E-state index < -0.39 is 0 Å². The van der Waals surface area contributed by atoms with E-state index in [1.54, 1.807) is 0 Å². The van der Waals surface area contributed by atoms with Crippen LogP contribution in [-0.2, 0) is 4.79 Å². The maximum Gasteiger partial charge on any atom is 0.225 e. The lowest BCUT2D eigenvalue weighted by Gasteiger charge is -2.15. The summed E-state index contributed by atoms with van der Waals surface area (Å²) in [5.74, 6) is -0.521. The molecule has 3 heteroatoms. The highest BCUT2D eigenvalue weighted by Crippen LogP contribution is 2.26. The fourth-order valence-electron chi connectivity index (χ4n) is 2.05. The second kappa shape index (κ2) is 6.94. The van der Waals surface area contributed by atoms with E-state index >= 15 is 0 Å². The summed E-state index contributed by atoms with van der Waals surface area (Å²) in [6, 6.07) is 7.48. The maximum absolute atomic E-state index is 11.5. The lowest BCUT2D eigenvalue weighted by atomic mass is 9.91. The monoisotopic (exact) mass is 234 g/mol. The zero-order valence-electron chi connectivity index (χ0n) is 10.5. The number of nitrogens with two attached hydrogens (primary N) is 2. The van der Waals surface area contributed by atoms with Crippen LogP contribution in [0.2, 0.25) is 0 Å². The summed E-state index contributed by atoms with van der Waals surface area (Å²) < 4.78 is 0. The van der Waals surface area contributed by atoms with E-state index in [1.807, 2.05) is 24.3 Å². The van der Waals surface area contributed by atoms with Crippen LogP contribution in [-0.4, -0.2) is 5.91 Å². The van der Waals surface area contributed by atoms with Crippen LogP contribution >= 0.6 is 0 Å². The summed E-state index contributed by atoms with van der Waals surface area (Å²) in [5, 5.41) is 0. The van der Waals surface area contributed by atoms with Crippen molar-refractivity contribution in [3.63, 3.8) is 0 Å². The highest BCUT2D eigenvalue weighted by Gasteiger charge is 2.19. The first-order valence-corrected chi connectivity index (χ1v) is 6.30. The Labute approximate surface area is 103 Å². The normalized spacial score (nSPS) is 12.3. The summed E-state index contributed by atoms with van der Waals surface area (Å²) in [5.41, 5.74) is 12.9. The van der Waals surface area contributed by atoms with Gasteiger partial charge in [0.1, 0.15) is 0 Å². The molecule has 0 aliphatic rings. The molecule has 0 spiro atoms. The van der Waals surface area contributed by atoms with Crippen molar-refractivity contribution >= 4 is 11.6 Å². The van der Waals surface area contributed by atoms with Gasteiger partial charge in [-0.25, -0.2) is 0 Å². The van der Waals surface area contributed by atoms with E-state index in [2.05, 4.69) is 6.92 Å². The number of anilines is 1. The highest BCUT2D eigenvalue weighted by atomic mass is 16.1. The molecular weight excluding hydrogens is 212 g/mol. The van der Waals surface area contributed by atoms with Gasteiger partial charge >= 0.3 is 0 Å². The molecule has 0 saturated carbocycles. The van der Waals surface area contributed by atoms with Gasteiger partial charge in [0.25, 0.3) is 0 Å². The molecule has 94 valence electrons. The Balaban J connectivity index is 2.66. The minimum Gasteiger partial charge on any atom is -0.398 e. The first kappa shape index (κ1) is 13.6. The quantitative estimate of drug-likeness (QED) is 0.562. The molecule has 0 fully saturated rings. The van der Waals surface area contributed by atoms with Crippen LogP contribution in [0.3, 0.4) is 0 Å². The average Bonchev–Trinajstić information content (AvgIpc) is 2.30. The van der Waals surface area contributed by atoms with Crippen LogP contribution < -0.4 is 11.5 Å². The molecule has 0 saturated heterocycles. The molecule has 0 heterocycles. The number of carbonyl (C=O) groups excluding carboxylic acids is 1. The van der Waals surface area contributed by atoms with E-state index in [4.69, 9.17) is 11.5 Å². The summed E-state index contributed by atoms with van der Waals surface area (Å²) >= 11 is 0. The molecule has 0 aromatic heterocycles. The first-order valence-electron chi connectivity index (χ1n) is 6.30. The second-order valence-corrected chi connectivity index (χ2v) is 4.43. The Hall–Kier alpha value is -1.51. The summed E-state index contributed by atoms with van der Waals surface area (Å²) in [6.45, 7) is 2.17. The van der Waals surface area contributed by atoms with Crippen LogP contribution in [0.15, 0.2) is 24.3 Å². The summed E-state index contributed by atoms with van der Waals surface area (Å²) in [6.07, 6.45) is 5.36. The van der Waals surface area contributed by atoms with Crippen molar-refractivity contribution in [2.24, 2.45) is 5.73 Å². The number of primary amides is 1. The molecule has 1 aromatic rings. The van der Waals surface area contributed by atoms with Gasteiger partial charge in [0.05, 0.1) is 5.92 Å². The van der Waals surface area contributed by atoms with Gasteiger partial charge in [-0.15, -0.1) is 0 Å². The van der Waals surface area contributed by atoms with Crippen LogP contribution in [0.25, 0.3) is 0 Å². The largest absolute Gasteiger partial charge is 0.398 e. The summed E-state index contributed by atoms with van der Waals surface area (Å²) in [7, 11) is 0. The van der Waals surface area contributed by atoms with Gasteiger partial charge in [-0.05, 0) is 18.1 Å². The van der Waals surface area contributed by atoms with E-state index in [0.717, 1.165) is 24.8 Å². The molecule has 3 nitrogen and oxygen atoms in total. The average molecular weight is 234 g/mol. The SMILES string of the molecule is CCCCCCC(C(N)=O)c1ccccc1N. The van der Waals surface area contributed by atoms with Gasteiger partial charge in [-0.2, -0.15) is 0 Å². The smallest absolute Gasteiger partial charge is 0.225 e. The fourth-order valence-corrected chi connectivity index (χ4v) is 2.05. The second-order valence-electron chi connectivity index (χ2n) is 4.43. The predicted octanol–water partition coefficient (Wildman–Crippen LogP) is 2.81. The molecule has 0 aliphatic carbocycles. The topological polar surface area (TPSA) is 69.1 Å². The molecule has 0 aliphatic heterocycles. The Bertz CT molecular complexity index is 363. The third kappa shape index (κ3) is 4.10. The number of amides is 1. The molecule has 0 bridgehead atoms. The van der Waals surface area contributed by atoms with Gasteiger partial charge in [0.2, 0.25) is 5.91 Å². The van der Waals surface area contributed by atoms with Crippen LogP contribution in [0.1, 0.15) is 50.5 Å². The van der Waals surface area contributed by atoms with E-state index in [0.29, 0.717) is 5.69 Å². The van der Waals surface area contributed by atoms with Crippen molar-refractivity contribution in [3.05, 3.63) is 29.8 Å². The number of nitrogen functional groups attached to an aromatic ring is 1. The molecular formula is C14H22N2O. The van der Waals surface area contributed by atoms with Crippen molar-refractivity contribution in [1.29, 1.82) is 0 Å². The number of hydrogen-bond donors (Lipinski definition) is 2. The predicted molar refractivity (Wildman–Crippen MR) is 71.5 cm³/mol. The Morgan fingerprint density at radius 3 is 2.53 bits per heavy atom. The van der Waals surface area contributed by atoms with E-state index in [-0.39, 0.29) is 11.8 Å². The standard InChI is InChI=1S/C14H22N2O/c1-2-3-4-5-9-12(14(16)17)11-8-6-7-10-13(11)15/h6-8,10,12H,2-5,9,15H2,1H3,(H2,16,17). The van der Waals surface area contributed by atoms with Crippen LogP contribution in [0, 0.1) is 0 Å². The van der Waals surface area contributed by atoms with Crippen molar-refractivity contribution in [2.75, 3.05) is 5.73 Å². The Morgan fingerprint density at radius 1 is 1.24 bits per heavy atom. The van der Waals surface area contributed by atoms with Crippen molar-refractivity contribution < 1.29 is 4.79 Å². The number of para-hydroxylation sites is 1. The first-order chi connectivity index (χ1) is 8.16. The molecule has 17 heavy (non-hydrogen) atoms. The zero-order chi connectivity index (χ0) is 12.7. The number of benzene rings is 1. The van der Waals surface area contributed by atoms with Crippen molar-refractivity contribution in [2.45, 2.75) is 44.9 Å². The molecule has 1 rings (SSSR count). The van der Waals surface area contributed by atoms with Gasteiger partial charge < -0.3 is 11.5 Å². The third-order valence-corrected chi connectivity index (χ3v) is 3.06. The molecule has 1 unspecified atom stereocenters. The minimum absolute atomic E-state index is 0.243. The van der Waals surface area contributed by atoms with E-state index in [9.17, 15) is 4.79 Å². The maximum atomic E-state index is 11.5. The van der Waals surface area contributed by atoms with Crippen molar-refractivity contribution in [3.8, 4) is 0 Å². The van der Waals surface area contributed by atoms with E-state index in [1.165, 1.54) is 12.8 Å². The van der Waals surface area contributed by atoms with Gasteiger partial charge in [-0.3, -0.25) is 4.79 Å². The van der Waals surface area contributed by atoms with Crippen molar-refractivity contribution in [1.82, 2.24) is 0 Å². The minimum atomic E-state index is -0.278. The molecule has 1 amide bonds. The number of hydrogen-bond acceptors (Lipinski definition) is 2. The lowest BCUT2D eigenvalue weighted by Crippen LogP contribution is -2.22. The molecule has 1 atom stereocenters. The van der Waals surface area contributed by atoms with Crippen LogP contribution in [0.4, 0.5) is 5.69 Å². The van der Waals surface area contributed by atoms with Gasteiger partial charge in [-0.1, -0.05) is 50.8 Å². The number of unbranched alkanes of at least 4 members (excludes halogenated alkanes) is 3. The fraction of sp³-hybridized carbons (Fsp3) is 0.500. The van der Waals surface area contributed by atoms with Crippen LogP contribution in [0.5, 0.6) is 0 Å². The van der Waals surface area contributed by atoms with Gasteiger partial charge in [0.15, 0.2) is 0 Å². The highest BCUT2D eigenvalue weighted by molar-refractivity contribution is 5.83. The molecule has 4 N–H and O–H groups in total. The number of rotatable bonds is 7. The molecule has 0 radical (unpaired) electrons. The Morgan fingerprint density at radius 2 is 1.94 bits per heavy atom. The third-order valence-electron chi connectivity index (χ3n) is 3.06. The Kier molecular flexibility index (Phi) is 5.53. The van der Waals surface area contributed by atoms with Gasteiger partial charge in [0, 0.05) is 5.69 Å². The zero-order valence-corrected chi connectivity index (χ0v) is 10.5. The number of carbonyl (C=O) groups is 1. The molecule has 1 aromatic carbocycles. The summed E-state index contributed by atoms with van der Waals surface area (Å²) in [4.78, 5) is 11.5.